The summed E-state index contributed by atoms with van der Waals surface area (Å²) in [7, 11) is 2.03. The Kier molecular flexibility index (Phi) is 8.78. The number of hydrogen-bond acceptors (Lipinski definition) is 6. The Balaban J connectivity index is 1.51. The molecule has 232 valence electrons. The zero-order chi connectivity index (χ0) is 31.8. The second-order valence-electron chi connectivity index (χ2n) is 11.3. The summed E-state index contributed by atoms with van der Waals surface area (Å²) in [4.78, 5) is 31.1. The van der Waals surface area contributed by atoms with E-state index in [0.29, 0.717) is 47.2 Å². The summed E-state index contributed by atoms with van der Waals surface area (Å²) < 4.78 is 37.5. The first-order valence-electron chi connectivity index (χ1n) is 14.6. The van der Waals surface area contributed by atoms with Gasteiger partial charge in [-0.2, -0.15) is 9.97 Å². The van der Waals surface area contributed by atoms with Gasteiger partial charge in [-0.3, -0.25) is 4.79 Å². The fourth-order valence-corrected chi connectivity index (χ4v) is 6.88. The largest absolute Gasteiger partial charge is 0.462 e. The lowest BCUT2D eigenvalue weighted by Crippen LogP contribution is -2.56. The van der Waals surface area contributed by atoms with E-state index in [4.69, 9.17) is 39.5 Å². The summed E-state index contributed by atoms with van der Waals surface area (Å²) in [6, 6.07) is 9.30. The maximum Gasteiger partial charge on any atom is 0.319 e. The standard InChI is InChI=1S/C33H30Cl2F2N6O2/c1-4-26(44)43-14-13-42(17-21(43)16-38-2)32-23-15-24(34)28(22-9-5-7-19-10-11-25(36)29(35)27(19)22)30(37)31(23)39-33(40-32)45-18-20-8-6-12-41(20)3/h4-5,7,9-11,15,20-21H,1,6,8,12-14,16-18H2,3H3/t20-,21-/m0/s1. The number of ether oxygens (including phenoxy) is 1. The van der Waals surface area contributed by atoms with E-state index in [2.05, 4.69) is 21.3 Å². The molecular weight excluding hydrogens is 621 g/mol. The lowest BCUT2D eigenvalue weighted by molar-refractivity contribution is -0.128. The normalized spacial score (nSPS) is 18.8. The zero-order valence-corrected chi connectivity index (χ0v) is 26.1. The molecule has 0 spiro atoms. The predicted octanol–water partition coefficient (Wildman–Crippen LogP) is 6.63. The van der Waals surface area contributed by atoms with E-state index in [1.54, 1.807) is 35.2 Å². The molecule has 8 nitrogen and oxygen atoms in total. The molecular formula is C33H30Cl2F2N6O2. The maximum absolute atomic E-state index is 16.8. The Hall–Kier alpha value is -4.04. The van der Waals surface area contributed by atoms with Gasteiger partial charge in [-0.15, -0.1) is 0 Å². The van der Waals surface area contributed by atoms with Crippen molar-refractivity contribution in [3.8, 4) is 17.1 Å². The van der Waals surface area contributed by atoms with Gasteiger partial charge < -0.3 is 24.3 Å². The number of nitrogens with zero attached hydrogens (tertiary/aromatic N) is 6. The highest BCUT2D eigenvalue weighted by atomic mass is 35.5. The van der Waals surface area contributed by atoms with Gasteiger partial charge in [0.15, 0.2) is 5.82 Å². The van der Waals surface area contributed by atoms with Crippen LogP contribution in [-0.4, -0.2) is 84.1 Å². The first-order valence-corrected chi connectivity index (χ1v) is 15.4. The van der Waals surface area contributed by atoms with Crippen molar-refractivity contribution in [3.63, 3.8) is 0 Å². The van der Waals surface area contributed by atoms with Crippen LogP contribution in [0.4, 0.5) is 14.6 Å². The van der Waals surface area contributed by atoms with Crippen LogP contribution >= 0.6 is 23.2 Å². The average Bonchev–Trinajstić information content (AvgIpc) is 3.45. The van der Waals surface area contributed by atoms with Crippen molar-refractivity contribution >= 4 is 56.6 Å². The summed E-state index contributed by atoms with van der Waals surface area (Å²) in [6.45, 7) is 13.4. The lowest BCUT2D eigenvalue weighted by Gasteiger charge is -2.39. The summed E-state index contributed by atoms with van der Waals surface area (Å²) >= 11 is 13.2. The van der Waals surface area contributed by atoms with Crippen LogP contribution in [0.1, 0.15) is 12.8 Å². The first kappa shape index (κ1) is 31.0. The number of amides is 1. The second-order valence-corrected chi connectivity index (χ2v) is 12.1. The van der Waals surface area contributed by atoms with E-state index in [-0.39, 0.29) is 52.2 Å². The van der Waals surface area contributed by atoms with Crippen molar-refractivity contribution in [2.75, 3.05) is 51.3 Å². The van der Waals surface area contributed by atoms with E-state index in [0.717, 1.165) is 19.4 Å². The van der Waals surface area contributed by atoms with Gasteiger partial charge >= 0.3 is 6.01 Å². The third-order valence-electron chi connectivity index (χ3n) is 8.67. The monoisotopic (exact) mass is 650 g/mol. The van der Waals surface area contributed by atoms with Gasteiger partial charge in [-0.1, -0.05) is 54.0 Å². The molecule has 0 radical (unpaired) electrons. The second kappa shape index (κ2) is 12.8. The maximum atomic E-state index is 16.8. The number of rotatable bonds is 7. The van der Waals surface area contributed by atoms with Crippen molar-refractivity contribution in [2.24, 2.45) is 0 Å². The fourth-order valence-electron chi connectivity index (χ4n) is 6.31. The van der Waals surface area contributed by atoms with Crippen LogP contribution in [0.3, 0.4) is 0 Å². The number of anilines is 1. The molecule has 2 saturated heterocycles. The molecule has 0 saturated carbocycles. The number of carbonyl (C=O) groups excluding carboxylic acids is 1. The topological polar surface area (TPSA) is 66.2 Å². The van der Waals surface area contributed by atoms with Gasteiger partial charge in [0.2, 0.25) is 12.5 Å². The van der Waals surface area contributed by atoms with Crippen molar-refractivity contribution in [1.82, 2.24) is 19.8 Å². The fraction of sp³-hybridized carbons (Fsp3) is 0.333. The highest BCUT2D eigenvalue weighted by Gasteiger charge is 2.34. The first-order chi connectivity index (χ1) is 21.7. The summed E-state index contributed by atoms with van der Waals surface area (Å²) in [5.41, 5.74) is 0.330. The van der Waals surface area contributed by atoms with Gasteiger partial charge in [-0.05, 0) is 55.6 Å². The van der Waals surface area contributed by atoms with Crippen LogP contribution < -0.4 is 9.64 Å². The van der Waals surface area contributed by atoms with E-state index < -0.39 is 17.7 Å². The Labute approximate surface area is 269 Å². The minimum atomic E-state index is -0.727. The Morgan fingerprint density at radius 1 is 1.18 bits per heavy atom. The number of piperazine rings is 1. The minimum absolute atomic E-state index is 0.00158. The quantitative estimate of drug-likeness (QED) is 0.165. The van der Waals surface area contributed by atoms with Crippen LogP contribution in [0, 0.1) is 18.2 Å². The van der Waals surface area contributed by atoms with Crippen LogP contribution in [0.25, 0.3) is 37.6 Å². The number of benzene rings is 3. The summed E-state index contributed by atoms with van der Waals surface area (Å²) in [6.07, 6.45) is 3.25. The van der Waals surface area contributed by atoms with Gasteiger partial charge in [-0.25, -0.2) is 15.4 Å². The SMILES string of the molecule is [C-]#[N+]C[C@H]1CN(c2nc(OC[C@@H]3CCCN3C)nc3c(F)c(-c4cccc5ccc(F)c(Cl)c45)c(Cl)cc23)CCN1C(=O)C=C. The van der Waals surface area contributed by atoms with Crippen molar-refractivity contribution in [3.05, 3.63) is 82.2 Å². The molecule has 12 heteroatoms. The van der Waals surface area contributed by atoms with Crippen LogP contribution in [0.15, 0.2) is 49.1 Å². The molecule has 3 aromatic carbocycles. The highest BCUT2D eigenvalue weighted by Crippen LogP contribution is 2.43. The number of hydrogen-bond donors (Lipinski definition) is 0. The van der Waals surface area contributed by atoms with Crippen LogP contribution in [0.5, 0.6) is 6.01 Å². The van der Waals surface area contributed by atoms with Gasteiger partial charge in [0.25, 0.3) is 0 Å². The van der Waals surface area contributed by atoms with E-state index in [1.807, 2.05) is 11.9 Å². The Bertz CT molecular complexity index is 1870. The molecule has 0 bridgehead atoms. The molecule has 1 amide bonds. The van der Waals surface area contributed by atoms with Gasteiger partial charge in [0.1, 0.15) is 29.8 Å². The minimum Gasteiger partial charge on any atom is -0.462 e. The van der Waals surface area contributed by atoms with E-state index in [9.17, 15) is 9.18 Å². The average molecular weight is 652 g/mol. The van der Waals surface area contributed by atoms with E-state index >= 15 is 4.39 Å². The summed E-state index contributed by atoms with van der Waals surface area (Å²) in [5.74, 6) is -1.24. The van der Waals surface area contributed by atoms with Crippen molar-refractivity contribution in [2.45, 2.75) is 24.9 Å². The van der Waals surface area contributed by atoms with Crippen LogP contribution in [0.2, 0.25) is 10.0 Å². The van der Waals surface area contributed by atoms with Gasteiger partial charge in [0.05, 0.1) is 10.0 Å². The third kappa shape index (κ3) is 5.76. The number of aromatic nitrogens is 2. The van der Waals surface area contributed by atoms with Crippen molar-refractivity contribution in [1.29, 1.82) is 0 Å². The third-order valence-corrected chi connectivity index (χ3v) is 9.33. The highest BCUT2D eigenvalue weighted by molar-refractivity contribution is 6.38. The molecule has 3 heterocycles. The lowest BCUT2D eigenvalue weighted by atomic mass is 9.96. The Morgan fingerprint density at radius 2 is 2.00 bits per heavy atom. The molecule has 6 rings (SSSR count). The molecule has 4 aromatic rings. The smallest absolute Gasteiger partial charge is 0.319 e. The number of halogens is 4. The summed E-state index contributed by atoms with van der Waals surface area (Å²) in [5, 5.41) is 1.23. The molecule has 2 aliphatic heterocycles. The predicted molar refractivity (Wildman–Crippen MR) is 173 cm³/mol. The molecule has 0 unspecified atom stereocenters. The number of carbonyl (C=O) groups is 1. The molecule has 2 atom stereocenters. The molecule has 0 N–H and O–H groups in total. The zero-order valence-electron chi connectivity index (χ0n) is 24.6. The molecule has 0 aliphatic carbocycles. The Morgan fingerprint density at radius 3 is 2.73 bits per heavy atom. The number of likely N-dealkylation sites (tertiary alicyclic amines) is 1. The van der Waals surface area contributed by atoms with Crippen LogP contribution in [-0.2, 0) is 4.79 Å². The van der Waals surface area contributed by atoms with Gasteiger partial charge in [0, 0.05) is 42.0 Å². The molecule has 45 heavy (non-hydrogen) atoms. The van der Waals surface area contributed by atoms with E-state index in [1.165, 1.54) is 12.1 Å². The number of fused-ring (bicyclic) bond motifs is 2. The number of likely N-dealkylation sites (N-methyl/N-ethyl adjacent to an activating group) is 1. The molecule has 2 fully saturated rings. The molecule has 2 aliphatic rings. The van der Waals surface area contributed by atoms with Crippen molar-refractivity contribution < 1.29 is 18.3 Å². The molecule has 1 aromatic heterocycles.